The van der Waals surface area contributed by atoms with Crippen molar-refractivity contribution in [3.8, 4) is 0 Å². The fourth-order valence-electron chi connectivity index (χ4n) is 1.07. The normalized spacial score (nSPS) is 13.1. The highest BCUT2D eigenvalue weighted by molar-refractivity contribution is 7.89. The Morgan fingerprint density at radius 3 is 2.07 bits per heavy atom. The summed E-state index contributed by atoms with van der Waals surface area (Å²) in [5, 5.41) is 0. The van der Waals surface area contributed by atoms with E-state index in [1.807, 2.05) is 13.8 Å². The second-order valence-corrected chi connectivity index (χ2v) is 6.05. The summed E-state index contributed by atoms with van der Waals surface area (Å²) in [5.41, 5.74) is -0.699. The van der Waals surface area contributed by atoms with Gasteiger partial charge in [-0.05, 0) is 12.8 Å². The molecule has 0 rings (SSSR count). The monoisotopic (exact) mass is 275 g/mol. The number of nitrogens with one attached hydrogen (secondary N) is 1. The van der Waals surface area contributed by atoms with E-state index in [0.717, 1.165) is 6.42 Å². The van der Waals surface area contributed by atoms with Crippen molar-refractivity contribution in [3.63, 3.8) is 0 Å². The number of halogens is 2. The summed E-state index contributed by atoms with van der Waals surface area (Å²) in [6, 6.07) is 0. The van der Waals surface area contributed by atoms with Crippen molar-refractivity contribution >= 4 is 33.2 Å². The SMILES string of the molecule is CCCCS(=O)(=O)NC(CC)(CCl)CCl. The maximum atomic E-state index is 11.7. The van der Waals surface area contributed by atoms with Gasteiger partial charge < -0.3 is 0 Å². The molecular weight excluding hydrogens is 257 g/mol. The molecule has 0 atom stereocenters. The van der Waals surface area contributed by atoms with Crippen LogP contribution in [0, 0.1) is 0 Å². The molecule has 0 aromatic rings. The van der Waals surface area contributed by atoms with Gasteiger partial charge in [0.1, 0.15) is 0 Å². The zero-order chi connectivity index (χ0) is 11.9. The minimum absolute atomic E-state index is 0.138. The molecule has 0 heterocycles. The smallest absolute Gasteiger partial charge is 0.212 e. The molecule has 0 saturated carbocycles. The summed E-state index contributed by atoms with van der Waals surface area (Å²) in [6.07, 6.45) is 2.09. The summed E-state index contributed by atoms with van der Waals surface area (Å²) < 4.78 is 25.9. The molecule has 3 nitrogen and oxygen atoms in total. The van der Waals surface area contributed by atoms with E-state index in [1.54, 1.807) is 0 Å². The van der Waals surface area contributed by atoms with E-state index >= 15 is 0 Å². The van der Waals surface area contributed by atoms with Crippen molar-refractivity contribution in [2.24, 2.45) is 0 Å². The molecule has 6 heteroatoms. The third-order valence-electron chi connectivity index (χ3n) is 2.33. The van der Waals surface area contributed by atoms with Gasteiger partial charge in [0.2, 0.25) is 10.0 Å². The Morgan fingerprint density at radius 1 is 1.20 bits per heavy atom. The van der Waals surface area contributed by atoms with Crippen molar-refractivity contribution in [3.05, 3.63) is 0 Å². The maximum absolute atomic E-state index is 11.7. The summed E-state index contributed by atoms with van der Waals surface area (Å²) in [6.45, 7) is 3.82. The molecule has 0 fully saturated rings. The van der Waals surface area contributed by atoms with Gasteiger partial charge in [-0.2, -0.15) is 0 Å². The van der Waals surface area contributed by atoms with Gasteiger partial charge in [-0.25, -0.2) is 13.1 Å². The molecule has 0 amide bonds. The van der Waals surface area contributed by atoms with Crippen LogP contribution in [0.15, 0.2) is 0 Å². The van der Waals surface area contributed by atoms with Gasteiger partial charge in [0.25, 0.3) is 0 Å². The Hall–Kier alpha value is 0.490. The number of unbranched alkanes of at least 4 members (excludes halogenated alkanes) is 1. The lowest BCUT2D eigenvalue weighted by atomic mass is 10.0. The number of hydrogen-bond donors (Lipinski definition) is 1. The predicted molar refractivity (Wildman–Crippen MR) is 66.3 cm³/mol. The largest absolute Gasteiger partial charge is 0.212 e. The first-order valence-electron chi connectivity index (χ1n) is 5.09. The summed E-state index contributed by atoms with van der Waals surface area (Å²) in [4.78, 5) is 0. The summed E-state index contributed by atoms with van der Waals surface area (Å²) in [7, 11) is -3.26. The Bertz CT molecular complexity index is 255. The second kappa shape index (κ2) is 6.94. The van der Waals surface area contributed by atoms with E-state index in [0.29, 0.717) is 12.8 Å². The second-order valence-electron chi connectivity index (χ2n) is 3.68. The molecule has 92 valence electrons. The van der Waals surface area contributed by atoms with Crippen molar-refractivity contribution in [1.82, 2.24) is 4.72 Å². The molecule has 0 bridgehead atoms. The first kappa shape index (κ1) is 15.5. The molecule has 0 aliphatic heterocycles. The molecule has 0 radical (unpaired) electrons. The Morgan fingerprint density at radius 2 is 1.73 bits per heavy atom. The third kappa shape index (κ3) is 5.38. The van der Waals surface area contributed by atoms with Crippen LogP contribution in [0.2, 0.25) is 0 Å². The van der Waals surface area contributed by atoms with Crippen molar-refractivity contribution in [2.75, 3.05) is 17.5 Å². The van der Waals surface area contributed by atoms with E-state index in [1.165, 1.54) is 0 Å². The first-order valence-corrected chi connectivity index (χ1v) is 7.81. The molecule has 15 heavy (non-hydrogen) atoms. The Balaban J connectivity index is 4.52. The standard InChI is InChI=1S/C9H19Cl2NO2S/c1-3-5-6-15(13,14)12-9(4-2,7-10)8-11/h12H,3-8H2,1-2H3. The molecule has 0 aromatic carbocycles. The van der Waals surface area contributed by atoms with Crippen LogP contribution < -0.4 is 4.72 Å². The van der Waals surface area contributed by atoms with Gasteiger partial charge in [0.15, 0.2) is 0 Å². The summed E-state index contributed by atoms with van der Waals surface area (Å²) >= 11 is 11.5. The molecule has 0 unspecified atom stereocenters. The fourth-order valence-corrected chi connectivity index (χ4v) is 3.74. The van der Waals surface area contributed by atoms with Gasteiger partial charge in [-0.3, -0.25) is 0 Å². The number of rotatable bonds is 8. The van der Waals surface area contributed by atoms with Crippen LogP contribution in [-0.4, -0.2) is 31.5 Å². The number of alkyl halides is 2. The van der Waals surface area contributed by atoms with Gasteiger partial charge in [0.05, 0.1) is 11.3 Å². The van der Waals surface area contributed by atoms with Gasteiger partial charge in [-0.15, -0.1) is 23.2 Å². The minimum Gasteiger partial charge on any atom is -0.212 e. The highest BCUT2D eigenvalue weighted by Crippen LogP contribution is 2.16. The Kier molecular flexibility index (Phi) is 7.17. The third-order valence-corrected chi connectivity index (χ3v) is 4.92. The molecule has 0 spiro atoms. The molecule has 0 saturated heterocycles. The van der Waals surface area contributed by atoms with Crippen LogP contribution >= 0.6 is 23.2 Å². The minimum atomic E-state index is -3.26. The van der Waals surface area contributed by atoms with E-state index in [4.69, 9.17) is 23.2 Å². The van der Waals surface area contributed by atoms with E-state index in [2.05, 4.69) is 4.72 Å². The lowest BCUT2D eigenvalue weighted by Crippen LogP contribution is -2.51. The fraction of sp³-hybridized carbons (Fsp3) is 1.00. The average Bonchev–Trinajstić information content (AvgIpc) is 2.23. The van der Waals surface area contributed by atoms with E-state index < -0.39 is 15.6 Å². The zero-order valence-corrected chi connectivity index (χ0v) is 11.6. The predicted octanol–water partition coefficient (Wildman–Crippen LogP) is 2.33. The summed E-state index contributed by atoms with van der Waals surface area (Å²) in [5.74, 6) is 0.524. The van der Waals surface area contributed by atoms with Crippen LogP contribution in [0.4, 0.5) is 0 Å². The first-order chi connectivity index (χ1) is 6.95. The molecule has 0 aromatic heterocycles. The van der Waals surface area contributed by atoms with Gasteiger partial charge in [0, 0.05) is 11.8 Å². The van der Waals surface area contributed by atoms with Gasteiger partial charge >= 0.3 is 0 Å². The number of hydrogen-bond acceptors (Lipinski definition) is 2. The van der Waals surface area contributed by atoms with E-state index in [-0.39, 0.29) is 17.5 Å². The van der Waals surface area contributed by atoms with Crippen LogP contribution in [-0.2, 0) is 10.0 Å². The van der Waals surface area contributed by atoms with Crippen molar-refractivity contribution < 1.29 is 8.42 Å². The molecule has 0 aliphatic carbocycles. The number of sulfonamides is 1. The Labute approximate surface area is 103 Å². The molecule has 1 N–H and O–H groups in total. The van der Waals surface area contributed by atoms with E-state index in [9.17, 15) is 8.42 Å². The molecular formula is C9H19Cl2NO2S. The van der Waals surface area contributed by atoms with Crippen LogP contribution in [0.25, 0.3) is 0 Å². The highest BCUT2D eigenvalue weighted by atomic mass is 35.5. The average molecular weight is 276 g/mol. The highest BCUT2D eigenvalue weighted by Gasteiger charge is 2.30. The van der Waals surface area contributed by atoms with Crippen LogP contribution in [0.1, 0.15) is 33.1 Å². The van der Waals surface area contributed by atoms with Crippen molar-refractivity contribution in [1.29, 1.82) is 0 Å². The lowest BCUT2D eigenvalue weighted by molar-refractivity contribution is 0.449. The topological polar surface area (TPSA) is 46.2 Å². The van der Waals surface area contributed by atoms with Crippen LogP contribution in [0.3, 0.4) is 0 Å². The van der Waals surface area contributed by atoms with Crippen molar-refractivity contribution in [2.45, 2.75) is 38.6 Å². The zero-order valence-electron chi connectivity index (χ0n) is 9.22. The molecule has 0 aliphatic rings. The lowest BCUT2D eigenvalue weighted by Gasteiger charge is -2.29. The quantitative estimate of drug-likeness (QED) is 0.692. The maximum Gasteiger partial charge on any atom is 0.212 e. The van der Waals surface area contributed by atoms with Gasteiger partial charge in [-0.1, -0.05) is 20.3 Å². The van der Waals surface area contributed by atoms with Crippen LogP contribution in [0.5, 0.6) is 0 Å².